The van der Waals surface area contributed by atoms with Crippen molar-refractivity contribution in [2.24, 2.45) is 11.1 Å². The summed E-state index contributed by atoms with van der Waals surface area (Å²) >= 11 is 0. The van der Waals surface area contributed by atoms with E-state index in [9.17, 15) is 0 Å². The number of hydrogen-bond acceptors (Lipinski definition) is 3. The standard InChI is InChI=1S/C14H26N2O/c1-10(15)13(14(3,4)5)16(6)9-12-7-8-17-11(12)2/h7-8,10,13H,9,15H2,1-6H3. The first kappa shape index (κ1) is 14.3. The maximum absolute atomic E-state index is 6.13. The van der Waals surface area contributed by atoms with Crippen LogP contribution in [0, 0.1) is 12.3 Å². The van der Waals surface area contributed by atoms with Gasteiger partial charge in [0.05, 0.1) is 6.26 Å². The maximum Gasteiger partial charge on any atom is 0.105 e. The van der Waals surface area contributed by atoms with Crippen LogP contribution in [-0.2, 0) is 6.54 Å². The molecular weight excluding hydrogens is 212 g/mol. The monoisotopic (exact) mass is 238 g/mol. The van der Waals surface area contributed by atoms with Crippen molar-refractivity contribution in [1.29, 1.82) is 0 Å². The van der Waals surface area contributed by atoms with Gasteiger partial charge in [-0.25, -0.2) is 0 Å². The molecule has 0 bridgehead atoms. The molecule has 0 saturated carbocycles. The van der Waals surface area contributed by atoms with Gasteiger partial charge < -0.3 is 10.2 Å². The van der Waals surface area contributed by atoms with Gasteiger partial charge in [-0.05, 0) is 32.4 Å². The zero-order chi connectivity index (χ0) is 13.2. The fraction of sp³-hybridized carbons (Fsp3) is 0.714. The minimum atomic E-state index is 0.146. The van der Waals surface area contributed by atoms with E-state index in [2.05, 4.69) is 39.6 Å². The molecule has 0 aliphatic rings. The van der Waals surface area contributed by atoms with Crippen molar-refractivity contribution in [1.82, 2.24) is 4.90 Å². The molecule has 0 saturated heterocycles. The second-order valence-corrected chi connectivity index (χ2v) is 6.09. The van der Waals surface area contributed by atoms with Gasteiger partial charge in [-0.1, -0.05) is 20.8 Å². The Morgan fingerprint density at radius 1 is 1.41 bits per heavy atom. The van der Waals surface area contributed by atoms with E-state index >= 15 is 0 Å². The van der Waals surface area contributed by atoms with Crippen LogP contribution in [0.4, 0.5) is 0 Å². The van der Waals surface area contributed by atoms with Crippen LogP contribution in [0.15, 0.2) is 16.7 Å². The highest BCUT2D eigenvalue weighted by Crippen LogP contribution is 2.27. The van der Waals surface area contributed by atoms with Gasteiger partial charge in [0.1, 0.15) is 5.76 Å². The van der Waals surface area contributed by atoms with Crippen molar-refractivity contribution in [3.05, 3.63) is 23.7 Å². The molecule has 0 radical (unpaired) electrons. The van der Waals surface area contributed by atoms with Gasteiger partial charge in [-0.15, -0.1) is 0 Å². The van der Waals surface area contributed by atoms with Crippen LogP contribution >= 0.6 is 0 Å². The Hall–Kier alpha value is -0.800. The average molecular weight is 238 g/mol. The summed E-state index contributed by atoms with van der Waals surface area (Å²) in [5, 5.41) is 0. The van der Waals surface area contributed by atoms with E-state index in [0.29, 0.717) is 6.04 Å². The largest absolute Gasteiger partial charge is 0.469 e. The number of furan rings is 1. The molecule has 1 aromatic rings. The second kappa shape index (κ2) is 5.23. The molecule has 0 fully saturated rings. The Bertz CT molecular complexity index is 349. The van der Waals surface area contributed by atoms with E-state index in [4.69, 9.17) is 10.2 Å². The Labute approximate surface area is 105 Å². The van der Waals surface area contributed by atoms with E-state index in [1.54, 1.807) is 6.26 Å². The predicted molar refractivity (Wildman–Crippen MR) is 71.8 cm³/mol. The van der Waals surface area contributed by atoms with E-state index in [1.165, 1.54) is 5.56 Å². The lowest BCUT2D eigenvalue weighted by Crippen LogP contribution is -2.51. The SMILES string of the molecule is Cc1occc1CN(C)C(C(C)N)C(C)(C)C. The third-order valence-electron chi connectivity index (χ3n) is 3.25. The quantitative estimate of drug-likeness (QED) is 0.877. The Kier molecular flexibility index (Phi) is 4.39. The number of nitrogens with two attached hydrogens (primary N) is 1. The molecule has 1 aromatic heterocycles. The highest BCUT2D eigenvalue weighted by atomic mass is 16.3. The van der Waals surface area contributed by atoms with Crippen LogP contribution in [0.3, 0.4) is 0 Å². The number of rotatable bonds is 4. The van der Waals surface area contributed by atoms with Crippen molar-refractivity contribution >= 4 is 0 Å². The van der Waals surface area contributed by atoms with E-state index in [1.807, 2.05) is 13.0 Å². The molecule has 0 aliphatic heterocycles. The Morgan fingerprint density at radius 2 is 2.00 bits per heavy atom. The normalized spacial score (nSPS) is 16.2. The minimum absolute atomic E-state index is 0.146. The zero-order valence-electron chi connectivity index (χ0n) is 11.9. The van der Waals surface area contributed by atoms with E-state index < -0.39 is 0 Å². The molecule has 2 N–H and O–H groups in total. The first-order valence-electron chi connectivity index (χ1n) is 6.22. The summed E-state index contributed by atoms with van der Waals surface area (Å²) in [6.07, 6.45) is 1.75. The summed E-state index contributed by atoms with van der Waals surface area (Å²) in [4.78, 5) is 2.32. The predicted octanol–water partition coefficient (Wildman–Crippen LogP) is 2.78. The van der Waals surface area contributed by atoms with E-state index in [-0.39, 0.29) is 11.5 Å². The highest BCUT2D eigenvalue weighted by Gasteiger charge is 2.31. The lowest BCUT2D eigenvalue weighted by Gasteiger charge is -2.40. The van der Waals surface area contributed by atoms with Crippen LogP contribution in [0.2, 0.25) is 0 Å². The first-order valence-corrected chi connectivity index (χ1v) is 6.22. The average Bonchev–Trinajstić information content (AvgIpc) is 2.48. The minimum Gasteiger partial charge on any atom is -0.469 e. The van der Waals surface area contributed by atoms with Crippen molar-refractivity contribution in [3.63, 3.8) is 0 Å². The molecule has 2 unspecified atom stereocenters. The first-order chi connectivity index (χ1) is 7.73. The van der Waals surface area contributed by atoms with Crippen LogP contribution in [-0.4, -0.2) is 24.0 Å². The zero-order valence-corrected chi connectivity index (χ0v) is 11.9. The Balaban J connectivity index is 2.80. The lowest BCUT2D eigenvalue weighted by molar-refractivity contribution is 0.0999. The van der Waals surface area contributed by atoms with Crippen LogP contribution in [0.25, 0.3) is 0 Å². The molecule has 0 aliphatic carbocycles. The highest BCUT2D eigenvalue weighted by molar-refractivity contribution is 5.15. The summed E-state index contributed by atoms with van der Waals surface area (Å²) in [6, 6.07) is 2.52. The van der Waals surface area contributed by atoms with Gasteiger partial charge in [-0.3, -0.25) is 4.90 Å². The summed E-state index contributed by atoms with van der Waals surface area (Å²) in [5.74, 6) is 0.995. The molecule has 1 rings (SSSR count). The molecule has 0 aromatic carbocycles. The van der Waals surface area contributed by atoms with Crippen LogP contribution in [0.1, 0.15) is 39.0 Å². The Morgan fingerprint density at radius 3 is 2.35 bits per heavy atom. The molecule has 98 valence electrons. The van der Waals surface area contributed by atoms with Crippen molar-refractivity contribution in [3.8, 4) is 0 Å². The molecule has 2 atom stereocenters. The van der Waals surface area contributed by atoms with Crippen LogP contribution < -0.4 is 5.73 Å². The van der Waals surface area contributed by atoms with Crippen molar-refractivity contribution in [2.45, 2.75) is 53.2 Å². The smallest absolute Gasteiger partial charge is 0.105 e. The van der Waals surface area contributed by atoms with Gasteiger partial charge in [0.15, 0.2) is 0 Å². The van der Waals surface area contributed by atoms with Gasteiger partial charge in [0.2, 0.25) is 0 Å². The summed E-state index contributed by atoms with van der Waals surface area (Å²) in [5.41, 5.74) is 7.53. The van der Waals surface area contributed by atoms with Crippen molar-refractivity contribution in [2.75, 3.05) is 7.05 Å². The number of hydrogen-bond donors (Lipinski definition) is 1. The molecule has 3 nitrogen and oxygen atoms in total. The fourth-order valence-corrected chi connectivity index (χ4v) is 2.79. The van der Waals surface area contributed by atoms with Gasteiger partial charge >= 0.3 is 0 Å². The summed E-state index contributed by atoms with van der Waals surface area (Å²) in [7, 11) is 2.13. The summed E-state index contributed by atoms with van der Waals surface area (Å²) < 4.78 is 5.33. The van der Waals surface area contributed by atoms with Gasteiger partial charge in [-0.2, -0.15) is 0 Å². The van der Waals surface area contributed by atoms with Gasteiger partial charge in [0.25, 0.3) is 0 Å². The molecule has 3 heteroatoms. The molecule has 17 heavy (non-hydrogen) atoms. The maximum atomic E-state index is 6.13. The molecular formula is C14H26N2O. The van der Waals surface area contributed by atoms with Crippen molar-refractivity contribution < 1.29 is 4.42 Å². The number of nitrogens with zero attached hydrogens (tertiary/aromatic N) is 1. The molecule has 0 amide bonds. The van der Waals surface area contributed by atoms with E-state index in [0.717, 1.165) is 12.3 Å². The van der Waals surface area contributed by atoms with Gasteiger partial charge in [0, 0.05) is 24.2 Å². The molecule has 0 spiro atoms. The topological polar surface area (TPSA) is 42.4 Å². The van der Waals surface area contributed by atoms with Crippen LogP contribution in [0.5, 0.6) is 0 Å². The lowest BCUT2D eigenvalue weighted by atomic mass is 9.82. The third-order valence-corrected chi connectivity index (χ3v) is 3.25. The number of aryl methyl sites for hydroxylation is 1. The summed E-state index contributed by atoms with van der Waals surface area (Å²) in [6.45, 7) is 11.7. The third kappa shape index (κ3) is 3.58. The second-order valence-electron chi connectivity index (χ2n) is 6.09. The fourth-order valence-electron chi connectivity index (χ4n) is 2.79. The number of likely N-dealkylation sites (N-methyl/N-ethyl adjacent to an activating group) is 1. The molecule has 1 heterocycles.